The van der Waals surface area contributed by atoms with E-state index in [1.165, 1.54) is 18.4 Å². The number of hydrogen-bond acceptors (Lipinski definition) is 8. The number of piperidine rings is 1. The van der Waals surface area contributed by atoms with Crippen molar-refractivity contribution in [3.63, 3.8) is 0 Å². The van der Waals surface area contributed by atoms with Gasteiger partial charge in [0.25, 0.3) is 0 Å². The van der Waals surface area contributed by atoms with E-state index in [0.29, 0.717) is 49.9 Å². The predicted octanol–water partition coefficient (Wildman–Crippen LogP) is 5.74. The summed E-state index contributed by atoms with van der Waals surface area (Å²) in [6, 6.07) is 9.47. The Bertz CT molecular complexity index is 1610. The molecule has 2 aliphatic rings. The Morgan fingerprint density at radius 1 is 1.24 bits per heavy atom. The van der Waals surface area contributed by atoms with Gasteiger partial charge >= 0.3 is 6.18 Å². The first-order valence-corrected chi connectivity index (χ1v) is 15.9. The summed E-state index contributed by atoms with van der Waals surface area (Å²) >= 11 is 1.17. The van der Waals surface area contributed by atoms with Crippen molar-refractivity contribution >= 4 is 42.5 Å². The zero-order valence-electron chi connectivity index (χ0n) is 23.1. The highest BCUT2D eigenvalue weighted by atomic mass is 32.2. The average Bonchev–Trinajstić information content (AvgIpc) is 3.23. The molecule has 0 spiro atoms. The quantitative estimate of drug-likeness (QED) is 0.219. The Morgan fingerprint density at radius 2 is 2.02 bits per heavy atom. The van der Waals surface area contributed by atoms with Crippen molar-refractivity contribution in [2.24, 2.45) is 0 Å². The molecule has 0 amide bonds. The van der Waals surface area contributed by atoms with Crippen molar-refractivity contribution in [2.75, 3.05) is 57.6 Å². The van der Waals surface area contributed by atoms with Gasteiger partial charge in [0.2, 0.25) is 0 Å². The molecule has 3 aromatic rings. The van der Waals surface area contributed by atoms with Gasteiger partial charge in [-0.15, -0.1) is 11.3 Å². The number of alkyl halides is 4. The van der Waals surface area contributed by atoms with Gasteiger partial charge in [0.1, 0.15) is 11.9 Å². The van der Waals surface area contributed by atoms with Crippen LogP contribution in [0.5, 0.6) is 5.75 Å². The molecule has 0 aliphatic carbocycles. The van der Waals surface area contributed by atoms with Crippen molar-refractivity contribution in [2.45, 2.75) is 41.4 Å². The molecule has 1 aromatic heterocycles. The second kappa shape index (κ2) is 12.3. The third-order valence-corrected chi connectivity index (χ3v) is 10.8. The summed E-state index contributed by atoms with van der Waals surface area (Å²) in [6.45, 7) is 1.69. The lowest BCUT2D eigenvalue weighted by molar-refractivity contribution is -0.126. The summed E-state index contributed by atoms with van der Waals surface area (Å²) in [5.74, 6) is 6.20. The maximum absolute atomic E-state index is 14.7. The number of nitrogens with one attached hydrogen (secondary N) is 3. The Labute approximate surface area is 246 Å². The van der Waals surface area contributed by atoms with E-state index in [0.717, 1.165) is 6.54 Å². The monoisotopic (exact) mass is 624 g/mol. The second-order valence-electron chi connectivity index (χ2n) is 10.5. The summed E-state index contributed by atoms with van der Waals surface area (Å²) in [7, 11) is 0.272. The van der Waals surface area contributed by atoms with E-state index in [4.69, 9.17) is 14.3 Å². The third-order valence-electron chi connectivity index (χ3n) is 7.45. The Morgan fingerprint density at radius 3 is 2.69 bits per heavy atom. The van der Waals surface area contributed by atoms with Gasteiger partial charge in [-0.1, -0.05) is 24.0 Å². The molecular weight excluding hydrogens is 592 g/mol. The minimum atomic E-state index is -4.43. The number of nitrogens with zero attached hydrogens (tertiary/aromatic N) is 1. The van der Waals surface area contributed by atoms with Crippen LogP contribution in [0.3, 0.4) is 0 Å². The Hall–Kier alpha value is -3.05. The second-order valence-corrected chi connectivity index (χ2v) is 13.8. The van der Waals surface area contributed by atoms with Crippen LogP contribution in [0.1, 0.15) is 16.9 Å². The van der Waals surface area contributed by atoms with Crippen molar-refractivity contribution in [3.8, 4) is 17.6 Å². The normalized spacial score (nSPS) is 21.2. The standard InChI is InChI=1S/C29H32F4N4O3S2/c1-37-12-10-23(22(30)15-37)36-25-6-3-5-20-21(14-29(31,32)33)27(41-28(20)25)7-4-11-35-24-9-8-18(13-26(24)39-2)42(34,38)19-16-40-17-19/h3,5-6,8-9,13,19,22-23,34-36H,10-12,14-17H2,1-2H3/t22-,23-,42-/m0/s1. The van der Waals surface area contributed by atoms with Crippen LogP contribution >= 0.6 is 11.3 Å². The summed E-state index contributed by atoms with van der Waals surface area (Å²) in [4.78, 5) is 2.56. The number of ether oxygens (including phenoxy) is 2. The zero-order chi connectivity index (χ0) is 30.1. The van der Waals surface area contributed by atoms with E-state index in [1.807, 2.05) is 11.9 Å². The molecule has 2 fully saturated rings. The van der Waals surface area contributed by atoms with E-state index in [2.05, 4.69) is 22.5 Å². The fourth-order valence-electron chi connectivity index (χ4n) is 5.05. The molecule has 0 bridgehead atoms. The number of rotatable bonds is 8. The maximum atomic E-state index is 14.7. The SMILES string of the molecule is COc1cc([S@](=N)(=O)C2COC2)ccc1NCC#Cc1sc2c(N[C@H]3CCN(C)C[C@@H]3F)cccc2c1CC(F)(F)F. The lowest BCUT2D eigenvalue weighted by Gasteiger charge is -2.33. The number of methoxy groups -OCH3 is 1. The molecule has 3 atom stereocenters. The molecule has 0 unspecified atom stereocenters. The number of likely N-dealkylation sites (tertiary alicyclic amines) is 1. The molecule has 3 N–H and O–H groups in total. The molecule has 2 aliphatic heterocycles. The van der Waals surface area contributed by atoms with Crippen LogP contribution in [-0.4, -0.2) is 79.8 Å². The van der Waals surface area contributed by atoms with Gasteiger partial charge in [-0.3, -0.25) is 0 Å². The number of anilines is 2. The largest absolute Gasteiger partial charge is 0.495 e. The fourth-order valence-corrected chi connectivity index (χ4v) is 7.73. The summed E-state index contributed by atoms with van der Waals surface area (Å²) in [5.41, 5.74) is 1.26. The van der Waals surface area contributed by atoms with E-state index in [9.17, 15) is 21.8 Å². The van der Waals surface area contributed by atoms with Crippen LogP contribution in [-0.2, 0) is 20.9 Å². The topological polar surface area (TPSA) is 86.7 Å². The number of fused-ring (bicyclic) bond motifs is 1. The van der Waals surface area contributed by atoms with Gasteiger partial charge in [0.05, 0.1) is 80.2 Å². The van der Waals surface area contributed by atoms with E-state index in [1.54, 1.807) is 36.4 Å². The summed E-state index contributed by atoms with van der Waals surface area (Å²) in [6.07, 6.45) is -6.06. The van der Waals surface area contributed by atoms with Gasteiger partial charge < -0.3 is 25.0 Å². The van der Waals surface area contributed by atoms with Crippen molar-refractivity contribution < 1.29 is 31.2 Å². The van der Waals surface area contributed by atoms with Gasteiger partial charge in [-0.25, -0.2) is 13.4 Å². The number of halogens is 4. The van der Waals surface area contributed by atoms with Crippen molar-refractivity contribution in [3.05, 3.63) is 46.8 Å². The maximum Gasteiger partial charge on any atom is 0.393 e. The van der Waals surface area contributed by atoms with Gasteiger partial charge in [0.15, 0.2) is 0 Å². The van der Waals surface area contributed by atoms with Crippen LogP contribution in [0.15, 0.2) is 41.3 Å². The zero-order valence-corrected chi connectivity index (χ0v) is 24.8. The summed E-state index contributed by atoms with van der Waals surface area (Å²) in [5, 5.41) is 6.42. The molecule has 2 aromatic carbocycles. The molecule has 13 heteroatoms. The van der Waals surface area contributed by atoms with E-state index >= 15 is 0 Å². The first-order valence-electron chi connectivity index (χ1n) is 13.4. The molecule has 7 nitrogen and oxygen atoms in total. The first-order chi connectivity index (χ1) is 20.0. The highest BCUT2D eigenvalue weighted by Gasteiger charge is 2.33. The summed E-state index contributed by atoms with van der Waals surface area (Å²) < 4.78 is 87.8. The van der Waals surface area contributed by atoms with Crippen LogP contribution in [0.4, 0.5) is 28.9 Å². The van der Waals surface area contributed by atoms with Gasteiger partial charge in [-0.2, -0.15) is 13.2 Å². The Balaban J connectivity index is 1.37. The highest BCUT2D eigenvalue weighted by molar-refractivity contribution is 7.93. The van der Waals surface area contributed by atoms with Crippen molar-refractivity contribution in [1.82, 2.24) is 4.90 Å². The average molecular weight is 625 g/mol. The van der Waals surface area contributed by atoms with E-state index in [-0.39, 0.29) is 30.6 Å². The first kappa shape index (κ1) is 30.4. The van der Waals surface area contributed by atoms with Crippen LogP contribution < -0.4 is 15.4 Å². The molecule has 5 rings (SSSR count). The van der Waals surface area contributed by atoms with Crippen LogP contribution in [0.2, 0.25) is 0 Å². The third kappa shape index (κ3) is 6.62. The molecule has 226 valence electrons. The minimum absolute atomic E-state index is 0.103. The Kier molecular flexibility index (Phi) is 8.89. The van der Waals surface area contributed by atoms with Gasteiger partial charge in [-0.05, 0) is 48.7 Å². The van der Waals surface area contributed by atoms with Crippen LogP contribution in [0, 0.1) is 16.6 Å². The van der Waals surface area contributed by atoms with Crippen LogP contribution in [0.25, 0.3) is 10.1 Å². The predicted molar refractivity (Wildman–Crippen MR) is 158 cm³/mol. The fraction of sp³-hybridized carbons (Fsp3) is 0.448. The minimum Gasteiger partial charge on any atom is -0.495 e. The van der Waals surface area contributed by atoms with E-state index < -0.39 is 34.5 Å². The molecule has 3 heterocycles. The number of thiophene rings is 1. The highest BCUT2D eigenvalue weighted by Crippen LogP contribution is 2.39. The number of hydrogen-bond donors (Lipinski definition) is 3. The van der Waals surface area contributed by atoms with Gasteiger partial charge in [0, 0.05) is 13.1 Å². The smallest absolute Gasteiger partial charge is 0.393 e. The van der Waals surface area contributed by atoms with Crippen molar-refractivity contribution in [1.29, 1.82) is 4.78 Å². The lowest BCUT2D eigenvalue weighted by Crippen LogP contribution is -2.46. The molecule has 2 saturated heterocycles. The number of benzene rings is 2. The molecule has 42 heavy (non-hydrogen) atoms. The molecule has 0 saturated carbocycles. The molecule has 0 radical (unpaired) electrons. The molecular formula is C29H32F4N4O3S2. The lowest BCUT2D eigenvalue weighted by atomic mass is 10.0.